The van der Waals surface area contributed by atoms with Gasteiger partial charge in [-0.25, -0.2) is 0 Å². The number of ether oxygens (including phenoxy) is 2. The maximum absolute atomic E-state index is 9.78. The number of hydrogen-bond donors (Lipinski definition) is 2. The summed E-state index contributed by atoms with van der Waals surface area (Å²) in [5, 5.41) is 12.9. The number of benzene rings is 1. The minimum Gasteiger partial charge on any atom is -0.390 e. The predicted molar refractivity (Wildman–Crippen MR) is 78.6 cm³/mol. The number of aliphatic hydroxyl groups is 1. The Hall–Kier alpha value is -0.590. The fraction of sp³-hybridized carbons (Fsp3) is 0.571. The molecule has 0 saturated carbocycles. The van der Waals surface area contributed by atoms with Crippen molar-refractivity contribution in [3.63, 3.8) is 0 Å². The molecule has 0 amide bonds. The number of aliphatic hydroxyl groups excluding tert-OH is 1. The van der Waals surface area contributed by atoms with Crippen molar-refractivity contribution in [3.05, 3.63) is 29.8 Å². The summed E-state index contributed by atoms with van der Waals surface area (Å²) in [6, 6.07) is 8.32. The minimum absolute atomic E-state index is 0.354. The van der Waals surface area contributed by atoms with Crippen LogP contribution in [0.4, 0.5) is 0 Å². The summed E-state index contributed by atoms with van der Waals surface area (Å²) in [6.45, 7) is 2.30. The molecule has 108 valence electrons. The minimum atomic E-state index is -0.449. The van der Waals surface area contributed by atoms with Gasteiger partial charge in [-0.2, -0.15) is 0 Å². The Morgan fingerprint density at radius 2 is 2.21 bits per heavy atom. The van der Waals surface area contributed by atoms with Crippen LogP contribution in [0.2, 0.25) is 0 Å². The third kappa shape index (κ3) is 7.54. The third-order valence-corrected chi connectivity index (χ3v) is 3.60. The molecule has 0 saturated heterocycles. The summed E-state index contributed by atoms with van der Waals surface area (Å²) in [5.74, 6) is 0.635. The van der Waals surface area contributed by atoms with Crippen molar-refractivity contribution in [3.8, 4) is 0 Å². The zero-order valence-corrected chi connectivity index (χ0v) is 12.4. The van der Waals surface area contributed by atoms with Crippen molar-refractivity contribution < 1.29 is 14.6 Å². The van der Waals surface area contributed by atoms with Crippen LogP contribution in [-0.2, 0) is 16.0 Å². The van der Waals surface area contributed by atoms with Gasteiger partial charge in [-0.05, 0) is 24.7 Å². The van der Waals surface area contributed by atoms with Gasteiger partial charge in [-0.3, -0.25) is 0 Å². The molecular formula is C14H23NO3S. The Morgan fingerprint density at radius 3 is 2.95 bits per heavy atom. The highest BCUT2D eigenvalue weighted by Crippen LogP contribution is 2.20. The Labute approximate surface area is 119 Å². The summed E-state index contributed by atoms with van der Waals surface area (Å²) in [5.41, 5.74) is 1.25. The van der Waals surface area contributed by atoms with E-state index >= 15 is 0 Å². The van der Waals surface area contributed by atoms with Gasteiger partial charge in [0.15, 0.2) is 0 Å². The van der Waals surface area contributed by atoms with Gasteiger partial charge in [0.05, 0.1) is 25.9 Å². The van der Waals surface area contributed by atoms with Crippen molar-refractivity contribution in [2.75, 3.05) is 39.7 Å². The SMILES string of the molecule is CNCc1cccc(SCC(O)COCCOC)c1. The van der Waals surface area contributed by atoms with Gasteiger partial charge in [0.25, 0.3) is 0 Å². The highest BCUT2D eigenvalue weighted by atomic mass is 32.2. The van der Waals surface area contributed by atoms with Crippen molar-refractivity contribution in [1.29, 1.82) is 0 Å². The molecule has 1 aromatic carbocycles. The average Bonchev–Trinajstić information content (AvgIpc) is 2.42. The van der Waals surface area contributed by atoms with E-state index in [-0.39, 0.29) is 0 Å². The molecule has 0 aliphatic heterocycles. The van der Waals surface area contributed by atoms with E-state index in [2.05, 4.69) is 23.5 Å². The van der Waals surface area contributed by atoms with Crippen LogP contribution >= 0.6 is 11.8 Å². The van der Waals surface area contributed by atoms with Crippen LogP contribution in [0, 0.1) is 0 Å². The Kier molecular flexibility index (Phi) is 8.86. The first kappa shape index (κ1) is 16.5. The van der Waals surface area contributed by atoms with Crippen molar-refractivity contribution in [1.82, 2.24) is 5.32 Å². The number of rotatable bonds is 10. The summed E-state index contributed by atoms with van der Waals surface area (Å²) >= 11 is 1.64. The lowest BCUT2D eigenvalue weighted by Crippen LogP contribution is -2.19. The lowest BCUT2D eigenvalue weighted by molar-refractivity contribution is 0.0218. The van der Waals surface area contributed by atoms with Crippen LogP contribution in [0.15, 0.2) is 29.2 Å². The van der Waals surface area contributed by atoms with Gasteiger partial charge in [0, 0.05) is 24.3 Å². The van der Waals surface area contributed by atoms with Crippen molar-refractivity contribution in [2.24, 2.45) is 0 Å². The molecule has 1 aromatic rings. The second-order valence-corrected chi connectivity index (χ2v) is 5.30. The smallest absolute Gasteiger partial charge is 0.0867 e. The van der Waals surface area contributed by atoms with Gasteiger partial charge in [-0.1, -0.05) is 12.1 Å². The molecule has 1 atom stereocenters. The Bertz CT molecular complexity index is 349. The average molecular weight is 285 g/mol. The second kappa shape index (κ2) is 10.2. The van der Waals surface area contributed by atoms with Gasteiger partial charge in [0.2, 0.25) is 0 Å². The van der Waals surface area contributed by atoms with Gasteiger partial charge in [0.1, 0.15) is 0 Å². The van der Waals surface area contributed by atoms with Gasteiger partial charge in [-0.15, -0.1) is 11.8 Å². The molecule has 0 aromatic heterocycles. The monoisotopic (exact) mass is 285 g/mol. The molecule has 0 bridgehead atoms. The van der Waals surface area contributed by atoms with Crippen LogP contribution in [0.1, 0.15) is 5.56 Å². The molecule has 19 heavy (non-hydrogen) atoms. The van der Waals surface area contributed by atoms with Crippen LogP contribution in [0.3, 0.4) is 0 Å². The van der Waals surface area contributed by atoms with Gasteiger partial charge >= 0.3 is 0 Å². The number of nitrogens with one attached hydrogen (secondary N) is 1. The standard InChI is InChI=1S/C14H23NO3S/c1-15-9-12-4-3-5-14(8-12)19-11-13(16)10-18-7-6-17-2/h3-5,8,13,15-16H,6-7,9-11H2,1-2H3. The van der Waals surface area contributed by atoms with E-state index < -0.39 is 6.10 Å². The van der Waals surface area contributed by atoms with E-state index in [1.807, 2.05) is 13.1 Å². The molecule has 0 radical (unpaired) electrons. The second-order valence-electron chi connectivity index (χ2n) is 4.21. The first-order valence-electron chi connectivity index (χ1n) is 6.37. The summed E-state index contributed by atoms with van der Waals surface area (Å²) in [6.07, 6.45) is -0.449. The third-order valence-electron chi connectivity index (χ3n) is 2.46. The van der Waals surface area contributed by atoms with Gasteiger partial charge < -0.3 is 19.9 Å². The van der Waals surface area contributed by atoms with Crippen LogP contribution < -0.4 is 5.32 Å². The highest BCUT2D eigenvalue weighted by Gasteiger charge is 2.05. The zero-order chi connectivity index (χ0) is 13.9. The lowest BCUT2D eigenvalue weighted by Gasteiger charge is -2.11. The first-order chi connectivity index (χ1) is 9.26. The molecule has 0 aliphatic rings. The van der Waals surface area contributed by atoms with E-state index in [9.17, 15) is 5.11 Å². The van der Waals surface area contributed by atoms with E-state index in [1.54, 1.807) is 18.9 Å². The van der Waals surface area contributed by atoms with E-state index in [0.29, 0.717) is 25.6 Å². The molecule has 0 fully saturated rings. The van der Waals surface area contributed by atoms with Crippen molar-refractivity contribution in [2.45, 2.75) is 17.5 Å². The summed E-state index contributed by atoms with van der Waals surface area (Å²) in [7, 11) is 3.56. The fourth-order valence-corrected chi connectivity index (χ4v) is 2.44. The summed E-state index contributed by atoms with van der Waals surface area (Å²) in [4.78, 5) is 1.17. The molecule has 4 nitrogen and oxygen atoms in total. The Balaban J connectivity index is 2.25. The number of hydrogen-bond acceptors (Lipinski definition) is 5. The van der Waals surface area contributed by atoms with Crippen LogP contribution in [0.25, 0.3) is 0 Å². The predicted octanol–water partition coefficient (Wildman–Crippen LogP) is 1.52. The number of methoxy groups -OCH3 is 1. The zero-order valence-electron chi connectivity index (χ0n) is 11.6. The van der Waals surface area contributed by atoms with Crippen molar-refractivity contribution >= 4 is 11.8 Å². The molecular weight excluding hydrogens is 262 g/mol. The molecule has 1 unspecified atom stereocenters. The normalized spacial score (nSPS) is 12.6. The lowest BCUT2D eigenvalue weighted by atomic mass is 10.2. The highest BCUT2D eigenvalue weighted by molar-refractivity contribution is 7.99. The largest absolute Gasteiger partial charge is 0.390 e. The first-order valence-corrected chi connectivity index (χ1v) is 7.36. The van der Waals surface area contributed by atoms with E-state index in [0.717, 1.165) is 6.54 Å². The molecule has 1 rings (SSSR count). The maximum Gasteiger partial charge on any atom is 0.0867 e. The summed E-state index contributed by atoms with van der Waals surface area (Å²) < 4.78 is 10.2. The maximum atomic E-state index is 9.78. The quantitative estimate of drug-likeness (QED) is 0.504. The molecule has 0 heterocycles. The molecule has 2 N–H and O–H groups in total. The van der Waals surface area contributed by atoms with Crippen LogP contribution in [-0.4, -0.2) is 50.9 Å². The van der Waals surface area contributed by atoms with E-state index in [4.69, 9.17) is 9.47 Å². The molecule has 0 spiro atoms. The van der Waals surface area contributed by atoms with Crippen LogP contribution in [0.5, 0.6) is 0 Å². The van der Waals surface area contributed by atoms with E-state index in [1.165, 1.54) is 10.5 Å². The topological polar surface area (TPSA) is 50.7 Å². The molecule has 0 aliphatic carbocycles. The number of thioether (sulfide) groups is 1. The fourth-order valence-electron chi connectivity index (χ4n) is 1.55. The molecule has 5 heteroatoms. The Morgan fingerprint density at radius 1 is 1.37 bits per heavy atom.